The maximum absolute atomic E-state index is 10.5. The molecular weight excluding hydrogens is 410 g/mol. The number of thiazole rings is 1. The van der Waals surface area contributed by atoms with Gasteiger partial charge in [-0.3, -0.25) is 5.41 Å². The molecule has 6 nitrogen and oxygen atoms in total. The molecule has 0 unspecified atom stereocenters. The van der Waals surface area contributed by atoms with E-state index >= 15 is 0 Å². The summed E-state index contributed by atoms with van der Waals surface area (Å²) < 4.78 is 10.6. The van der Waals surface area contributed by atoms with Gasteiger partial charge in [-0.15, -0.1) is 11.3 Å². The van der Waals surface area contributed by atoms with Gasteiger partial charge in [-0.05, 0) is 36.4 Å². The highest BCUT2D eigenvalue weighted by atomic mass is 35.5. The van der Waals surface area contributed by atoms with E-state index < -0.39 is 0 Å². The van der Waals surface area contributed by atoms with Gasteiger partial charge in [0, 0.05) is 21.7 Å². The van der Waals surface area contributed by atoms with E-state index in [9.17, 15) is 5.11 Å². The third-order valence-corrected chi connectivity index (χ3v) is 5.72. The van der Waals surface area contributed by atoms with E-state index in [1.807, 2.05) is 35.7 Å². The van der Waals surface area contributed by atoms with Crippen LogP contribution in [0.3, 0.4) is 0 Å². The van der Waals surface area contributed by atoms with Gasteiger partial charge in [0.1, 0.15) is 16.6 Å². The van der Waals surface area contributed by atoms with Gasteiger partial charge >= 0.3 is 0 Å². The predicted molar refractivity (Wildman–Crippen MR) is 117 cm³/mol. The summed E-state index contributed by atoms with van der Waals surface area (Å²) in [7, 11) is 3.17. The van der Waals surface area contributed by atoms with Crippen LogP contribution in [0.15, 0.2) is 53.6 Å². The molecule has 0 radical (unpaired) electrons. The molecule has 1 aliphatic rings. The maximum Gasteiger partial charge on any atom is 0.161 e. The summed E-state index contributed by atoms with van der Waals surface area (Å²) in [5, 5.41) is 22.2. The number of aliphatic hydroxyl groups excluding tert-OH is 1. The molecule has 1 aliphatic heterocycles. The van der Waals surface area contributed by atoms with E-state index in [4.69, 9.17) is 26.5 Å². The molecular formula is C21H18ClN3O3S. The van der Waals surface area contributed by atoms with Crippen molar-refractivity contribution in [2.24, 2.45) is 0 Å². The second-order valence-corrected chi connectivity index (χ2v) is 7.64. The normalized spacial score (nSPS) is 13.9. The van der Waals surface area contributed by atoms with Gasteiger partial charge in [0.15, 0.2) is 11.5 Å². The number of anilines is 1. The van der Waals surface area contributed by atoms with E-state index in [-0.39, 0.29) is 18.1 Å². The second-order valence-electron chi connectivity index (χ2n) is 6.34. The molecule has 0 aliphatic carbocycles. The van der Waals surface area contributed by atoms with Crippen LogP contribution in [0.25, 0.3) is 16.8 Å². The number of methoxy groups -OCH3 is 2. The monoisotopic (exact) mass is 427 g/mol. The SMILES string of the molecule is COc1ccc(-c2csc(C3=C(O)CN(c4cccc(Cl)c4)C3=N)n2)cc1OC. The fraction of sp³-hybridized carbons (Fsp3) is 0.143. The molecule has 2 aromatic carbocycles. The zero-order valence-corrected chi connectivity index (χ0v) is 17.3. The Hall–Kier alpha value is -3.03. The van der Waals surface area contributed by atoms with Crippen LogP contribution in [0.5, 0.6) is 11.5 Å². The van der Waals surface area contributed by atoms with Crippen LogP contribution in [-0.2, 0) is 0 Å². The number of nitrogens with zero attached hydrogens (tertiary/aromatic N) is 2. The topological polar surface area (TPSA) is 78.7 Å². The van der Waals surface area contributed by atoms with Gasteiger partial charge < -0.3 is 19.5 Å². The Bertz CT molecular complexity index is 1130. The fourth-order valence-electron chi connectivity index (χ4n) is 3.19. The summed E-state index contributed by atoms with van der Waals surface area (Å²) in [6.07, 6.45) is 0. The average molecular weight is 428 g/mol. The molecule has 1 aromatic heterocycles. The van der Waals surface area contributed by atoms with Crippen molar-refractivity contribution in [2.45, 2.75) is 0 Å². The van der Waals surface area contributed by atoms with Crippen LogP contribution in [0, 0.1) is 5.41 Å². The smallest absolute Gasteiger partial charge is 0.161 e. The molecule has 2 heterocycles. The van der Waals surface area contributed by atoms with Crippen molar-refractivity contribution >= 4 is 40.0 Å². The van der Waals surface area contributed by atoms with Crippen LogP contribution in [0.4, 0.5) is 5.69 Å². The van der Waals surface area contributed by atoms with Crippen molar-refractivity contribution in [1.29, 1.82) is 5.41 Å². The molecule has 4 rings (SSSR count). The third kappa shape index (κ3) is 3.54. The Kier molecular flexibility index (Phi) is 5.17. The van der Waals surface area contributed by atoms with Crippen molar-refractivity contribution < 1.29 is 14.6 Å². The lowest BCUT2D eigenvalue weighted by atomic mass is 10.1. The Morgan fingerprint density at radius 1 is 1.14 bits per heavy atom. The number of hydrogen-bond acceptors (Lipinski definition) is 6. The second kappa shape index (κ2) is 7.77. The summed E-state index contributed by atoms with van der Waals surface area (Å²) in [6, 6.07) is 12.8. The van der Waals surface area contributed by atoms with Gasteiger partial charge in [0.05, 0.1) is 32.0 Å². The largest absolute Gasteiger partial charge is 0.510 e. The zero-order valence-electron chi connectivity index (χ0n) is 15.8. The number of ether oxygens (including phenoxy) is 2. The van der Waals surface area contributed by atoms with Gasteiger partial charge in [-0.2, -0.15) is 0 Å². The zero-order chi connectivity index (χ0) is 20.5. The molecule has 0 spiro atoms. The molecule has 2 N–H and O–H groups in total. The molecule has 148 valence electrons. The number of benzene rings is 2. The van der Waals surface area contributed by atoms with E-state index in [1.165, 1.54) is 11.3 Å². The minimum atomic E-state index is 0.114. The van der Waals surface area contributed by atoms with Crippen molar-refractivity contribution in [3.63, 3.8) is 0 Å². The Morgan fingerprint density at radius 2 is 1.93 bits per heavy atom. The number of aliphatic hydroxyl groups is 1. The highest BCUT2D eigenvalue weighted by molar-refractivity contribution is 7.11. The fourth-order valence-corrected chi connectivity index (χ4v) is 4.27. The van der Waals surface area contributed by atoms with Gasteiger partial charge in [0.2, 0.25) is 0 Å². The number of nitrogens with one attached hydrogen (secondary N) is 1. The molecule has 8 heteroatoms. The highest BCUT2D eigenvalue weighted by Gasteiger charge is 2.31. The number of halogens is 1. The molecule has 29 heavy (non-hydrogen) atoms. The van der Waals surface area contributed by atoms with E-state index in [0.717, 1.165) is 16.9 Å². The first-order chi connectivity index (χ1) is 14.0. The number of aromatic nitrogens is 1. The molecule has 0 saturated heterocycles. The van der Waals surface area contributed by atoms with Crippen LogP contribution in [0.1, 0.15) is 5.01 Å². The lowest BCUT2D eigenvalue weighted by molar-refractivity contribution is 0.355. The van der Waals surface area contributed by atoms with Gasteiger partial charge in [0.25, 0.3) is 0 Å². The van der Waals surface area contributed by atoms with E-state index in [1.54, 1.807) is 31.3 Å². The lowest BCUT2D eigenvalue weighted by Crippen LogP contribution is -2.25. The van der Waals surface area contributed by atoms with E-state index in [2.05, 4.69) is 4.98 Å². The first-order valence-electron chi connectivity index (χ1n) is 8.74. The van der Waals surface area contributed by atoms with Crippen LogP contribution < -0.4 is 14.4 Å². The van der Waals surface area contributed by atoms with Crippen molar-refractivity contribution in [2.75, 3.05) is 25.7 Å². The number of hydrogen-bond donors (Lipinski definition) is 2. The number of rotatable bonds is 5. The highest BCUT2D eigenvalue weighted by Crippen LogP contribution is 2.37. The van der Waals surface area contributed by atoms with Crippen LogP contribution in [-0.4, -0.2) is 36.7 Å². The van der Waals surface area contributed by atoms with Crippen molar-refractivity contribution in [3.05, 3.63) is 63.6 Å². The Morgan fingerprint density at radius 3 is 2.66 bits per heavy atom. The summed E-state index contributed by atoms with van der Waals surface area (Å²) in [6.45, 7) is 0.208. The van der Waals surface area contributed by atoms with E-state index in [0.29, 0.717) is 27.1 Å². The standard InChI is InChI=1S/C21H18ClN3O3S/c1-27-17-7-6-12(8-18(17)28-2)15-11-29-21(24-15)19-16(26)10-25(20(19)23)14-5-3-4-13(22)9-14/h3-9,11,23,26H,10H2,1-2H3. The minimum Gasteiger partial charge on any atom is -0.510 e. The molecule has 0 bridgehead atoms. The summed E-state index contributed by atoms with van der Waals surface area (Å²) in [5.41, 5.74) is 2.78. The maximum atomic E-state index is 10.5. The summed E-state index contributed by atoms with van der Waals surface area (Å²) in [4.78, 5) is 6.35. The predicted octanol–water partition coefficient (Wildman–Crippen LogP) is 5.25. The summed E-state index contributed by atoms with van der Waals surface area (Å²) in [5.74, 6) is 1.56. The third-order valence-electron chi connectivity index (χ3n) is 4.62. The molecule has 3 aromatic rings. The summed E-state index contributed by atoms with van der Waals surface area (Å²) >= 11 is 7.45. The quantitative estimate of drug-likeness (QED) is 0.581. The van der Waals surface area contributed by atoms with Crippen LogP contribution in [0.2, 0.25) is 5.02 Å². The first kappa shape index (κ1) is 19.3. The molecule has 0 atom stereocenters. The molecule has 0 amide bonds. The molecule has 0 saturated carbocycles. The Balaban J connectivity index is 1.64. The van der Waals surface area contributed by atoms with Gasteiger partial charge in [-0.25, -0.2) is 4.98 Å². The average Bonchev–Trinajstić information content (AvgIpc) is 3.31. The minimum absolute atomic E-state index is 0.114. The van der Waals surface area contributed by atoms with Crippen LogP contribution >= 0.6 is 22.9 Å². The lowest BCUT2D eigenvalue weighted by Gasteiger charge is -2.18. The van der Waals surface area contributed by atoms with Crippen molar-refractivity contribution in [3.8, 4) is 22.8 Å². The first-order valence-corrected chi connectivity index (χ1v) is 10.00. The Labute approximate surface area is 177 Å². The van der Waals surface area contributed by atoms with Crippen molar-refractivity contribution in [1.82, 2.24) is 4.98 Å². The molecule has 0 fully saturated rings. The van der Waals surface area contributed by atoms with Gasteiger partial charge in [-0.1, -0.05) is 17.7 Å². The number of amidine groups is 1.